The molecule has 6 heteroatoms. The normalized spacial score (nSPS) is 11.6. The Hall–Kier alpha value is -2.76. The number of carbonyl (C=O) groups is 2. The first-order chi connectivity index (χ1) is 16.1. The summed E-state index contributed by atoms with van der Waals surface area (Å²) in [4.78, 5) is 29.1. The van der Waals surface area contributed by atoms with Crippen LogP contribution in [-0.2, 0) is 22.6 Å². The average Bonchev–Trinajstić information content (AvgIpc) is 2.85. The molecule has 0 aromatic heterocycles. The predicted molar refractivity (Wildman–Crippen MR) is 136 cm³/mol. The van der Waals surface area contributed by atoms with Gasteiger partial charge in [-0.25, -0.2) is 0 Å². The van der Waals surface area contributed by atoms with Gasteiger partial charge in [-0.1, -0.05) is 72.3 Å². The van der Waals surface area contributed by atoms with Crippen molar-refractivity contribution in [3.05, 3.63) is 101 Å². The Bertz CT molecular complexity index is 1010. The summed E-state index contributed by atoms with van der Waals surface area (Å²) in [6, 6.07) is 26.8. The molecule has 0 unspecified atom stereocenters. The van der Waals surface area contributed by atoms with Crippen molar-refractivity contribution in [1.29, 1.82) is 0 Å². The van der Waals surface area contributed by atoms with Crippen LogP contribution in [0.2, 0.25) is 5.02 Å². The third kappa shape index (κ3) is 7.95. The van der Waals surface area contributed by atoms with E-state index in [9.17, 15) is 9.59 Å². The van der Waals surface area contributed by atoms with Crippen molar-refractivity contribution in [2.45, 2.75) is 36.7 Å². The smallest absolute Gasteiger partial charge is 0.242 e. The first-order valence-corrected chi connectivity index (χ1v) is 12.4. The summed E-state index contributed by atoms with van der Waals surface area (Å²) < 4.78 is 0. The van der Waals surface area contributed by atoms with E-state index in [1.54, 1.807) is 23.7 Å². The molecular formula is C27H29ClN2O2S. The lowest BCUT2D eigenvalue weighted by molar-refractivity contribution is -0.141. The lowest BCUT2D eigenvalue weighted by atomic mass is 10.0. The van der Waals surface area contributed by atoms with Gasteiger partial charge in [-0.15, -0.1) is 11.8 Å². The van der Waals surface area contributed by atoms with Gasteiger partial charge < -0.3 is 10.2 Å². The van der Waals surface area contributed by atoms with Crippen molar-refractivity contribution < 1.29 is 9.59 Å². The van der Waals surface area contributed by atoms with Crippen LogP contribution in [0.1, 0.15) is 24.0 Å². The SMILES string of the molecule is CNC(=O)[C@@H](Cc1ccccc1)N(Cc1ccccc1)C(=O)CCCSc1ccc(Cl)cc1. The summed E-state index contributed by atoms with van der Waals surface area (Å²) >= 11 is 7.65. The Labute approximate surface area is 205 Å². The first kappa shape index (κ1) is 24.9. The van der Waals surface area contributed by atoms with Crippen LogP contribution < -0.4 is 5.32 Å². The van der Waals surface area contributed by atoms with E-state index < -0.39 is 6.04 Å². The molecule has 2 amide bonds. The van der Waals surface area contributed by atoms with Gasteiger partial charge in [0.15, 0.2) is 0 Å². The van der Waals surface area contributed by atoms with Gasteiger partial charge in [0.1, 0.15) is 6.04 Å². The maximum atomic E-state index is 13.4. The summed E-state index contributed by atoms with van der Waals surface area (Å²) in [6.45, 7) is 0.398. The predicted octanol–water partition coefficient (Wildman–Crippen LogP) is 5.60. The summed E-state index contributed by atoms with van der Waals surface area (Å²) in [6.07, 6.45) is 1.58. The average molecular weight is 481 g/mol. The molecule has 0 bridgehead atoms. The van der Waals surface area contributed by atoms with Crippen molar-refractivity contribution in [3.63, 3.8) is 0 Å². The number of likely N-dealkylation sites (N-methyl/N-ethyl adjacent to an activating group) is 1. The van der Waals surface area contributed by atoms with Crippen molar-refractivity contribution in [2.24, 2.45) is 0 Å². The number of rotatable bonds is 11. The molecule has 33 heavy (non-hydrogen) atoms. The van der Waals surface area contributed by atoms with Crippen LogP contribution in [0.25, 0.3) is 0 Å². The molecule has 0 aliphatic heterocycles. The van der Waals surface area contributed by atoms with Crippen LogP contribution in [0, 0.1) is 0 Å². The van der Waals surface area contributed by atoms with Gasteiger partial charge in [-0.05, 0) is 47.6 Å². The standard InChI is InChI=1S/C27H29ClN2O2S/c1-29-27(32)25(19-21-9-4-2-5-10-21)30(20-22-11-6-3-7-12-22)26(31)13-8-18-33-24-16-14-23(28)15-17-24/h2-7,9-12,14-17,25H,8,13,18-20H2,1H3,(H,29,32)/t25-/m1/s1. The van der Waals surface area contributed by atoms with Gasteiger partial charge in [0.2, 0.25) is 11.8 Å². The molecule has 0 radical (unpaired) electrons. The molecule has 3 rings (SSSR count). The second kappa shape index (κ2) is 13.1. The number of halogens is 1. The van der Waals surface area contributed by atoms with Crippen LogP contribution in [0.5, 0.6) is 0 Å². The van der Waals surface area contributed by atoms with Crippen molar-refractivity contribution >= 4 is 35.2 Å². The van der Waals surface area contributed by atoms with E-state index in [0.29, 0.717) is 24.4 Å². The molecular weight excluding hydrogens is 452 g/mol. The molecule has 0 aliphatic rings. The van der Waals surface area contributed by atoms with Crippen LogP contribution in [0.3, 0.4) is 0 Å². The highest BCUT2D eigenvalue weighted by Crippen LogP contribution is 2.22. The monoisotopic (exact) mass is 480 g/mol. The topological polar surface area (TPSA) is 49.4 Å². The van der Waals surface area contributed by atoms with E-state index in [1.807, 2.05) is 84.9 Å². The Balaban J connectivity index is 1.71. The molecule has 3 aromatic carbocycles. The summed E-state index contributed by atoms with van der Waals surface area (Å²) in [5, 5.41) is 3.46. The van der Waals surface area contributed by atoms with E-state index in [4.69, 9.17) is 11.6 Å². The maximum Gasteiger partial charge on any atom is 0.242 e. The highest BCUT2D eigenvalue weighted by Gasteiger charge is 2.29. The summed E-state index contributed by atoms with van der Waals surface area (Å²) in [7, 11) is 1.62. The third-order valence-corrected chi connectivity index (χ3v) is 6.68. The lowest BCUT2D eigenvalue weighted by Gasteiger charge is -2.31. The van der Waals surface area contributed by atoms with E-state index in [-0.39, 0.29) is 11.8 Å². The fourth-order valence-corrected chi connectivity index (χ4v) is 4.57. The Kier molecular flexibility index (Phi) is 9.85. The fourth-order valence-electron chi connectivity index (χ4n) is 3.59. The number of nitrogens with one attached hydrogen (secondary N) is 1. The molecule has 0 spiro atoms. The second-order valence-electron chi connectivity index (χ2n) is 7.73. The molecule has 0 saturated heterocycles. The zero-order valence-electron chi connectivity index (χ0n) is 18.7. The van der Waals surface area contributed by atoms with Crippen molar-refractivity contribution in [3.8, 4) is 0 Å². The van der Waals surface area contributed by atoms with Gasteiger partial charge in [0.25, 0.3) is 0 Å². The zero-order valence-corrected chi connectivity index (χ0v) is 20.3. The molecule has 0 heterocycles. The zero-order chi connectivity index (χ0) is 23.5. The molecule has 1 atom stereocenters. The van der Waals surface area contributed by atoms with E-state index in [0.717, 1.165) is 28.2 Å². The van der Waals surface area contributed by atoms with Crippen molar-refractivity contribution in [1.82, 2.24) is 10.2 Å². The van der Waals surface area contributed by atoms with E-state index >= 15 is 0 Å². The van der Waals surface area contributed by atoms with Crippen LogP contribution in [0.15, 0.2) is 89.8 Å². The number of hydrogen-bond acceptors (Lipinski definition) is 3. The molecule has 1 N–H and O–H groups in total. The van der Waals surface area contributed by atoms with E-state index in [2.05, 4.69) is 5.32 Å². The van der Waals surface area contributed by atoms with Gasteiger partial charge in [-0.2, -0.15) is 0 Å². The number of carbonyl (C=O) groups excluding carboxylic acids is 2. The molecule has 0 fully saturated rings. The fraction of sp³-hybridized carbons (Fsp3) is 0.259. The highest BCUT2D eigenvalue weighted by molar-refractivity contribution is 7.99. The van der Waals surface area contributed by atoms with Gasteiger partial charge in [0, 0.05) is 36.4 Å². The Morgan fingerprint density at radius 3 is 2.12 bits per heavy atom. The largest absolute Gasteiger partial charge is 0.357 e. The molecule has 0 aliphatic carbocycles. The van der Waals surface area contributed by atoms with Crippen molar-refractivity contribution in [2.75, 3.05) is 12.8 Å². The molecule has 172 valence electrons. The summed E-state index contributed by atoms with van der Waals surface area (Å²) in [5.74, 6) is 0.648. The number of nitrogens with zero attached hydrogens (tertiary/aromatic N) is 1. The minimum Gasteiger partial charge on any atom is -0.357 e. The van der Waals surface area contributed by atoms with E-state index in [1.165, 1.54) is 0 Å². The Morgan fingerprint density at radius 2 is 1.52 bits per heavy atom. The van der Waals surface area contributed by atoms with Crippen LogP contribution in [0.4, 0.5) is 0 Å². The lowest BCUT2D eigenvalue weighted by Crippen LogP contribution is -2.49. The number of thioether (sulfide) groups is 1. The molecule has 0 saturated carbocycles. The molecule has 3 aromatic rings. The second-order valence-corrected chi connectivity index (χ2v) is 9.34. The number of hydrogen-bond donors (Lipinski definition) is 1. The summed E-state index contributed by atoms with van der Waals surface area (Å²) in [5.41, 5.74) is 2.03. The van der Waals surface area contributed by atoms with Crippen LogP contribution in [-0.4, -0.2) is 35.6 Å². The third-order valence-electron chi connectivity index (χ3n) is 5.33. The van der Waals surface area contributed by atoms with Gasteiger partial charge in [-0.3, -0.25) is 9.59 Å². The van der Waals surface area contributed by atoms with Gasteiger partial charge >= 0.3 is 0 Å². The highest BCUT2D eigenvalue weighted by atomic mass is 35.5. The van der Waals surface area contributed by atoms with Crippen LogP contribution >= 0.6 is 23.4 Å². The quantitative estimate of drug-likeness (QED) is 0.287. The molecule has 4 nitrogen and oxygen atoms in total. The maximum absolute atomic E-state index is 13.4. The minimum absolute atomic E-state index is 0.0138. The Morgan fingerprint density at radius 1 is 0.909 bits per heavy atom. The number of benzene rings is 3. The first-order valence-electron chi connectivity index (χ1n) is 11.0. The minimum atomic E-state index is -0.575. The van der Waals surface area contributed by atoms with Gasteiger partial charge in [0.05, 0.1) is 0 Å². The number of amides is 2.